The number of carbonyl (C=O) groups is 2. The molecule has 4 aromatic rings. The second-order valence-electron chi connectivity index (χ2n) is 8.35. The van der Waals surface area contributed by atoms with Crippen LogP contribution in [0.2, 0.25) is 5.02 Å². The van der Waals surface area contributed by atoms with E-state index in [2.05, 4.69) is 20.9 Å². The van der Waals surface area contributed by atoms with Crippen molar-refractivity contribution in [3.05, 3.63) is 99.2 Å². The number of benzene rings is 3. The Kier molecular flexibility index (Phi) is 5.30. The van der Waals surface area contributed by atoms with Gasteiger partial charge >= 0.3 is 6.18 Å². The van der Waals surface area contributed by atoms with Crippen LogP contribution in [0.5, 0.6) is 0 Å². The molecule has 1 aliphatic heterocycles. The van der Waals surface area contributed by atoms with E-state index in [0.717, 1.165) is 12.1 Å². The summed E-state index contributed by atoms with van der Waals surface area (Å²) >= 11 is 6.30. The lowest BCUT2D eigenvalue weighted by molar-refractivity contribution is -0.137. The van der Waals surface area contributed by atoms with E-state index in [9.17, 15) is 31.5 Å². The van der Waals surface area contributed by atoms with Crippen LogP contribution in [-0.2, 0) is 6.18 Å². The van der Waals surface area contributed by atoms with Crippen molar-refractivity contribution in [2.45, 2.75) is 12.2 Å². The quantitative estimate of drug-likeness (QED) is 0.260. The number of hydrogen-bond acceptors (Lipinski definition) is 4. The number of anilines is 2. The molecule has 0 saturated carbocycles. The van der Waals surface area contributed by atoms with E-state index in [-0.39, 0.29) is 50.1 Å². The Balaban J connectivity index is 1.73. The third kappa shape index (κ3) is 4.38. The first-order valence-electron chi connectivity index (χ1n) is 12.3. The molecule has 1 aromatic heterocycles. The Morgan fingerprint density at radius 2 is 1.87 bits per heavy atom. The molecule has 38 heavy (non-hydrogen) atoms. The monoisotopic (exact) mass is 549 g/mol. The predicted octanol–water partition coefficient (Wildman–Crippen LogP) is 6.31. The number of amides is 2. The molecule has 0 bridgehead atoms. The first-order chi connectivity index (χ1) is 19.1. The Hall–Kier alpha value is -4.25. The summed E-state index contributed by atoms with van der Waals surface area (Å²) in [5.41, 5.74) is -2.12. The fourth-order valence-corrected chi connectivity index (χ4v) is 4.64. The van der Waals surface area contributed by atoms with Gasteiger partial charge in [-0.3, -0.25) is 9.59 Å². The lowest BCUT2D eigenvalue weighted by Gasteiger charge is -2.19. The number of hydrogen-bond donors (Lipinski definition) is 3. The number of nitrogens with one attached hydrogen (secondary N) is 3. The van der Waals surface area contributed by atoms with Crippen molar-refractivity contribution in [3.8, 4) is 0 Å². The first kappa shape index (κ1) is 21.8. The van der Waals surface area contributed by atoms with Crippen LogP contribution in [0.4, 0.5) is 33.5 Å². The maximum absolute atomic E-state index is 14.2. The van der Waals surface area contributed by atoms with Crippen molar-refractivity contribution in [3.63, 3.8) is 0 Å². The molecule has 6 nitrogen and oxygen atoms in total. The number of fused-ring (bicyclic) bond motifs is 3. The third-order valence-corrected chi connectivity index (χ3v) is 6.37. The van der Waals surface area contributed by atoms with Crippen molar-refractivity contribution in [2.24, 2.45) is 0 Å². The highest BCUT2D eigenvalue weighted by atomic mass is 35.5. The minimum Gasteiger partial charge on any atom is -0.373 e. The van der Waals surface area contributed by atoms with Crippen molar-refractivity contribution in [1.29, 1.82) is 0 Å². The van der Waals surface area contributed by atoms with Crippen LogP contribution in [0, 0.1) is 11.6 Å². The lowest BCUT2D eigenvalue weighted by Crippen LogP contribution is -2.21. The maximum atomic E-state index is 14.2. The molecule has 0 saturated heterocycles. The van der Waals surface area contributed by atoms with Crippen molar-refractivity contribution in [2.75, 3.05) is 17.6 Å². The smallest absolute Gasteiger partial charge is 0.373 e. The minimum atomic E-state index is -4.95. The fraction of sp³-hybridized carbons (Fsp3) is 0.115. The molecule has 2 heterocycles. The van der Waals surface area contributed by atoms with Gasteiger partial charge in [0.2, 0.25) is 0 Å². The van der Waals surface area contributed by atoms with Gasteiger partial charge in [0.05, 0.1) is 17.2 Å². The third-order valence-electron chi connectivity index (χ3n) is 6.02. The summed E-state index contributed by atoms with van der Waals surface area (Å²) < 4.78 is 90.7. The number of aromatic nitrogens is 1. The molecule has 5 rings (SSSR count). The van der Waals surface area contributed by atoms with Gasteiger partial charge in [-0.2, -0.15) is 13.2 Å². The molecule has 0 spiro atoms. The van der Waals surface area contributed by atoms with Crippen molar-refractivity contribution < 1.29 is 35.7 Å². The maximum Gasteiger partial charge on any atom is 0.416 e. The lowest BCUT2D eigenvalue weighted by atomic mass is 9.92. The molecule has 3 aromatic carbocycles. The number of alkyl halides is 3. The molecule has 1 unspecified atom stereocenters. The second-order valence-corrected chi connectivity index (χ2v) is 8.75. The van der Waals surface area contributed by atoms with Gasteiger partial charge in [-0.15, -0.1) is 0 Å². The zero-order chi connectivity index (χ0) is 29.9. The zero-order valence-electron chi connectivity index (χ0n) is 21.8. The van der Waals surface area contributed by atoms with Crippen LogP contribution >= 0.6 is 11.6 Å². The molecule has 0 radical (unpaired) electrons. The average molecular weight is 550 g/mol. The highest BCUT2D eigenvalue weighted by molar-refractivity contribution is 6.31. The van der Waals surface area contributed by atoms with Crippen LogP contribution in [-0.4, -0.2) is 23.8 Å². The van der Waals surface area contributed by atoms with Gasteiger partial charge in [-0.1, -0.05) is 11.6 Å². The number of rotatable bonds is 4. The Bertz CT molecular complexity index is 1750. The largest absolute Gasteiger partial charge is 0.416 e. The summed E-state index contributed by atoms with van der Waals surface area (Å²) in [6, 6.07) is 6.23. The van der Waals surface area contributed by atoms with E-state index in [1.807, 2.05) is 0 Å². The van der Waals surface area contributed by atoms with Gasteiger partial charge < -0.3 is 16.0 Å². The normalized spacial score (nSPS) is 16.3. The average Bonchev–Trinajstić information content (AvgIpc) is 3.21. The second kappa shape index (κ2) is 9.25. The molecular formula is C26H16ClF5N4O2. The number of halogens is 6. The van der Waals surface area contributed by atoms with Crippen molar-refractivity contribution in [1.82, 2.24) is 10.3 Å². The van der Waals surface area contributed by atoms with E-state index in [0.29, 0.717) is 12.1 Å². The van der Waals surface area contributed by atoms with Crippen molar-refractivity contribution >= 4 is 45.7 Å². The van der Waals surface area contributed by atoms with E-state index in [4.69, 9.17) is 15.7 Å². The number of nitrogens with zero attached hydrogens (tertiary/aromatic N) is 1. The molecule has 2 amide bonds. The van der Waals surface area contributed by atoms with Gasteiger partial charge in [0.1, 0.15) is 17.5 Å². The van der Waals surface area contributed by atoms with E-state index >= 15 is 0 Å². The summed E-state index contributed by atoms with van der Waals surface area (Å²) in [4.78, 5) is 30.5. The SMILES string of the molecule is [2H]C([2H])([2H])Nc1nccc2c3c(c(NC(=O)c4cc(F)cc(C(F)(F)F)c4)cc12)C(c1cc(F)ccc1Cl)NC3=O. The molecule has 12 heteroatoms. The minimum absolute atomic E-state index is 0.0469. The van der Waals surface area contributed by atoms with Crippen LogP contribution < -0.4 is 16.0 Å². The van der Waals surface area contributed by atoms with Gasteiger partial charge in [-0.05, 0) is 48.5 Å². The molecule has 1 aliphatic rings. The Labute approximate surface area is 221 Å². The molecule has 194 valence electrons. The number of pyridine rings is 1. The van der Waals surface area contributed by atoms with Crippen LogP contribution in [0.15, 0.2) is 54.7 Å². The topological polar surface area (TPSA) is 83.1 Å². The van der Waals surface area contributed by atoms with Crippen LogP contribution in [0.3, 0.4) is 0 Å². The van der Waals surface area contributed by atoms with E-state index in [1.54, 1.807) is 0 Å². The van der Waals surface area contributed by atoms with Gasteiger partial charge in [0, 0.05) is 55.5 Å². The fourth-order valence-electron chi connectivity index (χ4n) is 4.41. The zero-order valence-corrected chi connectivity index (χ0v) is 19.6. The summed E-state index contributed by atoms with van der Waals surface area (Å²) in [5, 5.41) is 7.62. The standard InChI is InChI=1S/C26H16ClF5N4O2/c1-33-23-16-10-19(35-24(37)11-6-12(26(30,31)32)8-14(29)7-11)21-20(15(16)4-5-34-23)25(38)36-22(21)17-9-13(28)2-3-18(17)27/h2-10,22H,1H3,(H,33,34)(H,35,37)(H,36,38)/i1D3. The van der Waals surface area contributed by atoms with E-state index in [1.165, 1.54) is 24.4 Å². The first-order valence-corrected chi connectivity index (χ1v) is 11.2. The van der Waals surface area contributed by atoms with Crippen LogP contribution in [0.25, 0.3) is 10.8 Å². The highest BCUT2D eigenvalue weighted by Crippen LogP contribution is 2.44. The van der Waals surface area contributed by atoms with Gasteiger partial charge in [0.15, 0.2) is 0 Å². The molecular weight excluding hydrogens is 531 g/mol. The summed E-state index contributed by atoms with van der Waals surface area (Å²) in [6.45, 7) is -2.71. The molecule has 0 fully saturated rings. The molecule has 1 atom stereocenters. The van der Waals surface area contributed by atoms with Gasteiger partial charge in [0.25, 0.3) is 11.8 Å². The summed E-state index contributed by atoms with van der Waals surface area (Å²) in [5.74, 6) is -4.06. The molecule has 3 N–H and O–H groups in total. The highest BCUT2D eigenvalue weighted by Gasteiger charge is 2.37. The Morgan fingerprint density at radius 3 is 2.61 bits per heavy atom. The summed E-state index contributed by atoms with van der Waals surface area (Å²) in [7, 11) is 0. The van der Waals surface area contributed by atoms with Gasteiger partial charge in [-0.25, -0.2) is 13.8 Å². The van der Waals surface area contributed by atoms with E-state index < -0.39 is 53.8 Å². The van der Waals surface area contributed by atoms with Crippen LogP contribution in [0.1, 0.15) is 47.6 Å². The Morgan fingerprint density at radius 1 is 1.08 bits per heavy atom. The predicted molar refractivity (Wildman–Crippen MR) is 131 cm³/mol. The molecule has 0 aliphatic carbocycles. The number of carbonyl (C=O) groups excluding carboxylic acids is 2. The summed E-state index contributed by atoms with van der Waals surface area (Å²) in [6.07, 6.45) is -3.70.